The molecule has 1 aromatic rings. The average Bonchev–Trinajstić information content (AvgIpc) is 2.18. The number of benzene rings is 1. The Labute approximate surface area is 119 Å². The minimum absolute atomic E-state index is 0.119. The zero-order valence-electron chi connectivity index (χ0n) is 11.2. The summed E-state index contributed by atoms with van der Waals surface area (Å²) in [6.07, 6.45) is 1.12. The molecule has 0 radical (unpaired) electrons. The Morgan fingerprint density at radius 3 is 2.53 bits per heavy atom. The van der Waals surface area contributed by atoms with E-state index < -0.39 is 15.6 Å². The molecule has 0 saturated carbocycles. The van der Waals surface area contributed by atoms with Crippen molar-refractivity contribution in [1.82, 2.24) is 10.0 Å². The fourth-order valence-corrected chi connectivity index (χ4v) is 3.07. The molecular weight excluding hydrogens is 288 g/mol. The fourth-order valence-electron chi connectivity index (χ4n) is 1.76. The molecule has 1 rings (SSSR count). The third-order valence-electron chi connectivity index (χ3n) is 2.42. The first-order valence-corrected chi connectivity index (χ1v) is 8.04. The van der Waals surface area contributed by atoms with Crippen LogP contribution in [0.3, 0.4) is 0 Å². The Bertz CT molecular complexity index is 524. The average molecular weight is 307 g/mol. The van der Waals surface area contributed by atoms with Gasteiger partial charge >= 0.3 is 0 Å². The predicted molar refractivity (Wildman–Crippen MR) is 76.9 cm³/mol. The summed E-state index contributed by atoms with van der Waals surface area (Å²) in [4.78, 5) is 0. The van der Waals surface area contributed by atoms with Gasteiger partial charge in [0.25, 0.3) is 0 Å². The summed E-state index contributed by atoms with van der Waals surface area (Å²) in [5, 5.41) is 13.2. The molecule has 0 saturated heterocycles. The van der Waals surface area contributed by atoms with Crippen LogP contribution >= 0.6 is 11.6 Å². The molecule has 0 spiro atoms. The topological polar surface area (TPSA) is 78.4 Å². The van der Waals surface area contributed by atoms with E-state index in [-0.39, 0.29) is 5.75 Å². The molecule has 0 amide bonds. The van der Waals surface area contributed by atoms with Crippen molar-refractivity contribution in [1.29, 1.82) is 0 Å². The largest absolute Gasteiger partial charge is 0.508 e. The maximum absolute atomic E-state index is 11.2. The maximum atomic E-state index is 11.2. The van der Waals surface area contributed by atoms with Crippen LogP contribution in [-0.2, 0) is 16.6 Å². The van der Waals surface area contributed by atoms with Gasteiger partial charge in [0.2, 0.25) is 10.0 Å². The number of hydrogen-bond donors (Lipinski definition) is 3. The molecule has 0 atom stereocenters. The Morgan fingerprint density at radius 2 is 2.00 bits per heavy atom. The van der Waals surface area contributed by atoms with Crippen molar-refractivity contribution in [3.63, 3.8) is 0 Å². The van der Waals surface area contributed by atoms with Crippen LogP contribution in [0.5, 0.6) is 5.75 Å². The fraction of sp³-hybridized carbons (Fsp3) is 0.500. The number of aromatic hydroxyl groups is 1. The van der Waals surface area contributed by atoms with Gasteiger partial charge in [0.1, 0.15) is 5.75 Å². The molecule has 5 nitrogen and oxygen atoms in total. The molecule has 1 aromatic carbocycles. The van der Waals surface area contributed by atoms with Gasteiger partial charge in [-0.05, 0) is 26.0 Å². The van der Waals surface area contributed by atoms with Crippen molar-refractivity contribution < 1.29 is 13.5 Å². The lowest BCUT2D eigenvalue weighted by atomic mass is 10.1. The summed E-state index contributed by atoms with van der Waals surface area (Å²) < 4.78 is 24.9. The predicted octanol–water partition coefficient (Wildman–Crippen LogP) is 1.46. The number of nitrogens with one attached hydrogen (secondary N) is 2. The second kappa shape index (κ2) is 6.09. The van der Waals surface area contributed by atoms with Gasteiger partial charge in [-0.3, -0.25) is 0 Å². The minimum atomic E-state index is -3.26. The zero-order chi connectivity index (χ0) is 14.7. The summed E-state index contributed by atoms with van der Waals surface area (Å²) in [6, 6.07) is 4.91. The molecule has 0 bridgehead atoms. The quantitative estimate of drug-likeness (QED) is 0.743. The molecule has 7 heteroatoms. The monoisotopic (exact) mass is 306 g/mol. The van der Waals surface area contributed by atoms with E-state index >= 15 is 0 Å². The van der Waals surface area contributed by atoms with Crippen molar-refractivity contribution in [3.8, 4) is 5.75 Å². The van der Waals surface area contributed by atoms with Crippen LogP contribution in [0.25, 0.3) is 0 Å². The Morgan fingerprint density at radius 1 is 1.37 bits per heavy atom. The van der Waals surface area contributed by atoms with E-state index in [9.17, 15) is 13.5 Å². The van der Waals surface area contributed by atoms with Gasteiger partial charge in [0.05, 0.1) is 6.26 Å². The smallest absolute Gasteiger partial charge is 0.209 e. The van der Waals surface area contributed by atoms with Gasteiger partial charge in [0, 0.05) is 29.2 Å². The molecular formula is C12H19ClN2O3S. The van der Waals surface area contributed by atoms with Crippen LogP contribution in [0.4, 0.5) is 0 Å². The highest BCUT2D eigenvalue weighted by molar-refractivity contribution is 7.88. The second-order valence-electron chi connectivity index (χ2n) is 5.10. The number of phenols is 1. The highest BCUT2D eigenvalue weighted by Crippen LogP contribution is 2.24. The van der Waals surface area contributed by atoms with E-state index in [1.807, 2.05) is 0 Å². The van der Waals surface area contributed by atoms with E-state index in [0.717, 1.165) is 6.26 Å². The van der Waals surface area contributed by atoms with Gasteiger partial charge in [-0.1, -0.05) is 17.7 Å². The maximum Gasteiger partial charge on any atom is 0.209 e. The van der Waals surface area contributed by atoms with Gasteiger partial charge in [-0.15, -0.1) is 0 Å². The van der Waals surface area contributed by atoms with Crippen molar-refractivity contribution in [2.75, 3.05) is 12.8 Å². The van der Waals surface area contributed by atoms with Crippen LogP contribution in [-0.4, -0.2) is 31.9 Å². The van der Waals surface area contributed by atoms with Crippen LogP contribution in [0, 0.1) is 0 Å². The summed E-state index contributed by atoms with van der Waals surface area (Å²) in [7, 11) is -3.26. The van der Waals surface area contributed by atoms with Crippen LogP contribution < -0.4 is 10.0 Å². The van der Waals surface area contributed by atoms with E-state index in [0.29, 0.717) is 23.7 Å². The van der Waals surface area contributed by atoms with E-state index in [4.69, 9.17) is 11.6 Å². The number of sulfonamides is 1. The third kappa shape index (κ3) is 5.78. The van der Waals surface area contributed by atoms with Crippen LogP contribution in [0.15, 0.2) is 18.2 Å². The highest BCUT2D eigenvalue weighted by Gasteiger charge is 2.21. The summed E-state index contributed by atoms with van der Waals surface area (Å²) in [5.74, 6) is 0.119. The van der Waals surface area contributed by atoms with E-state index in [1.54, 1.807) is 32.0 Å². The standard InChI is InChI=1S/C12H19ClN2O3S/c1-12(2,15-19(3,17)18)8-14-7-9-10(13)5-4-6-11(9)16/h4-6,14-16H,7-8H2,1-3H3. The lowest BCUT2D eigenvalue weighted by Gasteiger charge is -2.25. The molecule has 0 aliphatic rings. The molecule has 19 heavy (non-hydrogen) atoms. The summed E-state index contributed by atoms with van der Waals surface area (Å²) >= 11 is 5.97. The number of halogens is 1. The number of hydrogen-bond acceptors (Lipinski definition) is 4. The highest BCUT2D eigenvalue weighted by atomic mass is 35.5. The minimum Gasteiger partial charge on any atom is -0.508 e. The van der Waals surface area contributed by atoms with Crippen molar-refractivity contribution >= 4 is 21.6 Å². The van der Waals surface area contributed by atoms with Crippen LogP contribution in [0.1, 0.15) is 19.4 Å². The molecule has 0 aromatic heterocycles. The zero-order valence-corrected chi connectivity index (χ0v) is 12.8. The lowest BCUT2D eigenvalue weighted by Crippen LogP contribution is -2.49. The van der Waals surface area contributed by atoms with Gasteiger partial charge in [0.15, 0.2) is 0 Å². The van der Waals surface area contributed by atoms with Crippen molar-refractivity contribution in [2.24, 2.45) is 0 Å². The molecule has 0 heterocycles. The van der Waals surface area contributed by atoms with Crippen molar-refractivity contribution in [2.45, 2.75) is 25.9 Å². The Kier molecular flexibility index (Phi) is 5.20. The Balaban J connectivity index is 2.59. The van der Waals surface area contributed by atoms with Gasteiger partial charge < -0.3 is 10.4 Å². The molecule has 0 fully saturated rings. The second-order valence-corrected chi connectivity index (χ2v) is 7.25. The van der Waals surface area contributed by atoms with Gasteiger partial charge in [-0.2, -0.15) is 0 Å². The number of rotatable bonds is 6. The normalized spacial score (nSPS) is 12.6. The first kappa shape index (κ1) is 16.2. The summed E-state index contributed by atoms with van der Waals surface area (Å²) in [6.45, 7) is 4.31. The lowest BCUT2D eigenvalue weighted by molar-refractivity contribution is 0.415. The van der Waals surface area contributed by atoms with E-state index in [1.165, 1.54) is 0 Å². The van der Waals surface area contributed by atoms with Gasteiger partial charge in [-0.25, -0.2) is 13.1 Å². The van der Waals surface area contributed by atoms with Crippen LogP contribution in [0.2, 0.25) is 5.02 Å². The first-order valence-electron chi connectivity index (χ1n) is 5.77. The molecule has 108 valence electrons. The molecule has 0 unspecified atom stereocenters. The molecule has 0 aliphatic carbocycles. The molecule has 0 aliphatic heterocycles. The van der Waals surface area contributed by atoms with Crippen molar-refractivity contribution in [3.05, 3.63) is 28.8 Å². The first-order chi connectivity index (χ1) is 8.61. The molecule has 3 N–H and O–H groups in total. The number of phenolic OH excluding ortho intramolecular Hbond substituents is 1. The Hall–Kier alpha value is -0.820. The third-order valence-corrected chi connectivity index (χ3v) is 3.70. The van der Waals surface area contributed by atoms with E-state index in [2.05, 4.69) is 10.0 Å². The SMILES string of the molecule is CC(C)(CNCc1c(O)cccc1Cl)NS(C)(=O)=O. The summed E-state index contributed by atoms with van der Waals surface area (Å²) in [5.41, 5.74) is -0.0240.